The van der Waals surface area contributed by atoms with Crippen LogP contribution in [0, 0.1) is 24.2 Å². The smallest absolute Gasteiger partial charge is 0.183 e. The standard InChI is InChI=1S/C12H13NO2/c1-8-4-5-11(15-3)10(6-8)12(14)9(2)7-13/h4-6,9H,1-3H3. The summed E-state index contributed by atoms with van der Waals surface area (Å²) >= 11 is 0. The third-order valence-electron chi connectivity index (χ3n) is 2.21. The lowest BCUT2D eigenvalue weighted by molar-refractivity contribution is 0.0953. The van der Waals surface area contributed by atoms with Gasteiger partial charge in [0.15, 0.2) is 5.78 Å². The maximum atomic E-state index is 11.8. The van der Waals surface area contributed by atoms with Gasteiger partial charge in [-0.3, -0.25) is 4.79 Å². The van der Waals surface area contributed by atoms with E-state index in [2.05, 4.69) is 0 Å². The molecule has 1 unspecified atom stereocenters. The first-order valence-electron chi connectivity index (χ1n) is 4.68. The number of nitrogens with zero attached hydrogens (tertiary/aromatic N) is 1. The number of ketones is 1. The molecule has 0 saturated carbocycles. The van der Waals surface area contributed by atoms with Crippen LogP contribution in [0.1, 0.15) is 22.8 Å². The van der Waals surface area contributed by atoms with Crippen LogP contribution in [0.15, 0.2) is 18.2 Å². The maximum absolute atomic E-state index is 11.8. The van der Waals surface area contributed by atoms with Crippen LogP contribution < -0.4 is 4.74 Å². The highest BCUT2D eigenvalue weighted by atomic mass is 16.5. The van der Waals surface area contributed by atoms with Gasteiger partial charge in [0.2, 0.25) is 0 Å². The summed E-state index contributed by atoms with van der Waals surface area (Å²) in [6, 6.07) is 7.28. The van der Waals surface area contributed by atoms with Gasteiger partial charge in [-0.05, 0) is 26.0 Å². The number of hydrogen-bond donors (Lipinski definition) is 0. The van der Waals surface area contributed by atoms with E-state index in [9.17, 15) is 4.79 Å². The highest BCUT2D eigenvalue weighted by Crippen LogP contribution is 2.22. The van der Waals surface area contributed by atoms with Gasteiger partial charge < -0.3 is 4.74 Å². The molecule has 0 radical (unpaired) electrons. The molecule has 0 aliphatic carbocycles. The molecular weight excluding hydrogens is 190 g/mol. The lowest BCUT2D eigenvalue weighted by Crippen LogP contribution is -2.10. The molecule has 0 N–H and O–H groups in total. The Morgan fingerprint density at radius 1 is 1.53 bits per heavy atom. The van der Waals surface area contributed by atoms with Crippen molar-refractivity contribution in [3.8, 4) is 11.8 Å². The number of carbonyl (C=O) groups excluding carboxylic acids is 1. The van der Waals surface area contributed by atoms with E-state index in [1.54, 1.807) is 19.1 Å². The van der Waals surface area contributed by atoms with Gasteiger partial charge in [-0.2, -0.15) is 5.26 Å². The lowest BCUT2D eigenvalue weighted by Gasteiger charge is -2.09. The summed E-state index contributed by atoms with van der Waals surface area (Å²) in [5, 5.41) is 8.69. The molecule has 3 heteroatoms. The van der Waals surface area contributed by atoms with Crippen LogP contribution in [0.25, 0.3) is 0 Å². The van der Waals surface area contributed by atoms with Crippen LogP contribution >= 0.6 is 0 Å². The normalized spacial score (nSPS) is 11.6. The third kappa shape index (κ3) is 2.35. The second-order valence-electron chi connectivity index (χ2n) is 3.42. The molecule has 0 saturated heterocycles. The summed E-state index contributed by atoms with van der Waals surface area (Å²) in [6.45, 7) is 3.48. The van der Waals surface area contributed by atoms with Crippen LogP contribution in [-0.4, -0.2) is 12.9 Å². The molecule has 0 spiro atoms. The van der Waals surface area contributed by atoms with E-state index in [1.807, 2.05) is 19.1 Å². The van der Waals surface area contributed by atoms with Gasteiger partial charge in [0.25, 0.3) is 0 Å². The number of benzene rings is 1. The Kier molecular flexibility index (Phi) is 3.46. The van der Waals surface area contributed by atoms with E-state index >= 15 is 0 Å². The molecule has 1 atom stereocenters. The predicted octanol–water partition coefficient (Wildman–Crippen LogP) is 2.35. The molecular formula is C12H13NO2. The number of methoxy groups -OCH3 is 1. The summed E-state index contributed by atoms with van der Waals surface area (Å²) in [7, 11) is 1.51. The Morgan fingerprint density at radius 3 is 2.73 bits per heavy atom. The second kappa shape index (κ2) is 4.61. The SMILES string of the molecule is COc1ccc(C)cc1C(=O)C(C)C#N. The Labute approximate surface area is 89.3 Å². The lowest BCUT2D eigenvalue weighted by atomic mass is 9.98. The quantitative estimate of drug-likeness (QED) is 0.708. The van der Waals surface area contributed by atoms with Gasteiger partial charge >= 0.3 is 0 Å². The van der Waals surface area contributed by atoms with Crippen molar-refractivity contribution in [3.63, 3.8) is 0 Å². The number of ether oxygens (including phenoxy) is 1. The first kappa shape index (κ1) is 11.3. The summed E-state index contributed by atoms with van der Waals surface area (Å²) in [5.74, 6) is -0.313. The van der Waals surface area contributed by atoms with Crippen molar-refractivity contribution in [2.24, 2.45) is 5.92 Å². The van der Waals surface area contributed by atoms with Crippen molar-refractivity contribution in [1.29, 1.82) is 5.26 Å². The zero-order valence-electron chi connectivity index (χ0n) is 9.07. The highest BCUT2D eigenvalue weighted by Gasteiger charge is 2.18. The number of nitriles is 1. The van der Waals surface area contributed by atoms with E-state index in [4.69, 9.17) is 10.00 Å². The molecule has 0 aromatic heterocycles. The summed E-state index contributed by atoms with van der Waals surface area (Å²) in [6.07, 6.45) is 0. The van der Waals surface area contributed by atoms with Crippen molar-refractivity contribution in [2.75, 3.05) is 7.11 Å². The van der Waals surface area contributed by atoms with Crippen LogP contribution in [0.5, 0.6) is 5.75 Å². The van der Waals surface area contributed by atoms with Crippen LogP contribution in [-0.2, 0) is 0 Å². The van der Waals surface area contributed by atoms with E-state index in [1.165, 1.54) is 7.11 Å². The van der Waals surface area contributed by atoms with E-state index in [-0.39, 0.29) is 5.78 Å². The molecule has 0 aliphatic heterocycles. The Morgan fingerprint density at radius 2 is 2.20 bits per heavy atom. The minimum atomic E-state index is -0.638. The maximum Gasteiger partial charge on any atom is 0.183 e. The largest absolute Gasteiger partial charge is 0.496 e. The second-order valence-corrected chi connectivity index (χ2v) is 3.42. The third-order valence-corrected chi connectivity index (χ3v) is 2.21. The minimum absolute atomic E-state index is 0.196. The van der Waals surface area contributed by atoms with Crippen molar-refractivity contribution in [3.05, 3.63) is 29.3 Å². The zero-order valence-corrected chi connectivity index (χ0v) is 9.07. The monoisotopic (exact) mass is 203 g/mol. The fraction of sp³-hybridized carbons (Fsp3) is 0.333. The fourth-order valence-corrected chi connectivity index (χ4v) is 1.31. The Bertz CT molecular complexity index is 418. The first-order valence-corrected chi connectivity index (χ1v) is 4.68. The number of carbonyl (C=O) groups is 1. The van der Waals surface area contributed by atoms with Crippen molar-refractivity contribution >= 4 is 5.78 Å². The number of rotatable bonds is 3. The minimum Gasteiger partial charge on any atom is -0.496 e. The van der Waals surface area contributed by atoms with Gasteiger partial charge in [-0.1, -0.05) is 11.6 Å². The average molecular weight is 203 g/mol. The Hall–Kier alpha value is -1.82. The van der Waals surface area contributed by atoms with Crippen molar-refractivity contribution in [2.45, 2.75) is 13.8 Å². The predicted molar refractivity (Wildman–Crippen MR) is 56.8 cm³/mol. The molecule has 0 heterocycles. The molecule has 3 nitrogen and oxygen atoms in total. The molecule has 1 aromatic carbocycles. The van der Waals surface area contributed by atoms with Gasteiger partial charge in [0.1, 0.15) is 11.7 Å². The van der Waals surface area contributed by atoms with Crippen LogP contribution in [0.4, 0.5) is 0 Å². The van der Waals surface area contributed by atoms with Gasteiger partial charge in [-0.25, -0.2) is 0 Å². The van der Waals surface area contributed by atoms with Gasteiger partial charge in [0, 0.05) is 0 Å². The van der Waals surface area contributed by atoms with E-state index < -0.39 is 5.92 Å². The first-order chi connectivity index (χ1) is 7.10. The average Bonchev–Trinajstić information content (AvgIpc) is 2.27. The summed E-state index contributed by atoms with van der Waals surface area (Å²) in [4.78, 5) is 11.8. The van der Waals surface area contributed by atoms with Gasteiger partial charge in [0.05, 0.1) is 18.7 Å². The van der Waals surface area contributed by atoms with Crippen LogP contribution in [0.3, 0.4) is 0 Å². The molecule has 0 amide bonds. The molecule has 15 heavy (non-hydrogen) atoms. The van der Waals surface area contributed by atoms with Crippen molar-refractivity contribution < 1.29 is 9.53 Å². The van der Waals surface area contributed by atoms with E-state index in [0.717, 1.165) is 5.56 Å². The van der Waals surface area contributed by atoms with E-state index in [0.29, 0.717) is 11.3 Å². The molecule has 0 fully saturated rings. The molecule has 78 valence electrons. The molecule has 1 aromatic rings. The summed E-state index contributed by atoms with van der Waals surface area (Å²) in [5.41, 5.74) is 1.45. The molecule has 0 aliphatic rings. The highest BCUT2D eigenvalue weighted by molar-refractivity contribution is 6.01. The van der Waals surface area contributed by atoms with Gasteiger partial charge in [-0.15, -0.1) is 0 Å². The van der Waals surface area contributed by atoms with Crippen LogP contribution in [0.2, 0.25) is 0 Å². The molecule has 1 rings (SSSR count). The topological polar surface area (TPSA) is 50.1 Å². The number of Topliss-reactive ketones (excluding diaryl/α,β-unsaturated/α-hetero) is 1. The fourth-order valence-electron chi connectivity index (χ4n) is 1.31. The van der Waals surface area contributed by atoms with Crippen molar-refractivity contribution in [1.82, 2.24) is 0 Å². The molecule has 0 bridgehead atoms. The Balaban J connectivity index is 3.18. The number of aryl methyl sites for hydroxylation is 1. The zero-order chi connectivity index (χ0) is 11.4. The summed E-state index contributed by atoms with van der Waals surface area (Å²) < 4.78 is 5.09. The number of hydrogen-bond acceptors (Lipinski definition) is 3.